The first-order valence-corrected chi connectivity index (χ1v) is 4.80. The molecule has 5 nitrogen and oxygen atoms in total. The summed E-state index contributed by atoms with van der Waals surface area (Å²) >= 11 is 0. The Morgan fingerprint density at radius 3 is 2.35 bits per heavy atom. The summed E-state index contributed by atoms with van der Waals surface area (Å²) in [6, 6.07) is 0. The number of carboxylic acids is 1. The van der Waals surface area contributed by atoms with E-state index in [-0.39, 0.29) is 24.8 Å². The summed E-state index contributed by atoms with van der Waals surface area (Å²) in [5.41, 5.74) is 9.72. The van der Waals surface area contributed by atoms with Crippen molar-refractivity contribution < 1.29 is 9.90 Å². The molecule has 17 heavy (non-hydrogen) atoms. The van der Waals surface area contributed by atoms with Crippen LogP contribution in [0.2, 0.25) is 0 Å². The van der Waals surface area contributed by atoms with Gasteiger partial charge in [0.2, 0.25) is 0 Å². The minimum atomic E-state index is -1.16. The first-order chi connectivity index (χ1) is 6.86. The number of nitrogens with two attached hydrogens (primary N) is 2. The van der Waals surface area contributed by atoms with Gasteiger partial charge < -0.3 is 16.6 Å². The van der Waals surface area contributed by atoms with Crippen molar-refractivity contribution in [3.63, 3.8) is 0 Å². The van der Waals surface area contributed by atoms with Crippen LogP contribution in [0.4, 0.5) is 0 Å². The smallest absolute Gasteiger partial charge is 0.323 e. The molecule has 0 saturated carbocycles. The molecule has 0 aliphatic rings. The van der Waals surface area contributed by atoms with Crippen LogP contribution in [0.25, 0.3) is 0 Å². The van der Waals surface area contributed by atoms with Gasteiger partial charge in [-0.2, -0.15) is 0 Å². The first-order valence-electron chi connectivity index (χ1n) is 4.80. The summed E-state index contributed by atoms with van der Waals surface area (Å²) < 4.78 is 0. The number of aliphatic imine (C=N–C) groups is 1. The van der Waals surface area contributed by atoms with Crippen molar-refractivity contribution in [3.05, 3.63) is 12.2 Å². The number of amidine groups is 1. The average molecular weight is 286 g/mol. The van der Waals surface area contributed by atoms with Crippen molar-refractivity contribution in [2.24, 2.45) is 16.5 Å². The maximum Gasteiger partial charge on any atom is 0.323 e. The Kier molecular flexibility index (Phi) is 13.1. The predicted octanol–water partition coefficient (Wildman–Crippen LogP) is 1.35. The van der Waals surface area contributed by atoms with Crippen molar-refractivity contribution >= 4 is 36.6 Å². The van der Waals surface area contributed by atoms with E-state index in [0.29, 0.717) is 25.2 Å². The van der Waals surface area contributed by atoms with E-state index in [9.17, 15) is 4.79 Å². The lowest BCUT2D eigenvalue weighted by Gasteiger charge is -2.17. The summed E-state index contributed by atoms with van der Waals surface area (Å²) in [6.45, 7) is 3.75. The molecule has 0 rings (SSSR count). The monoisotopic (exact) mass is 285 g/mol. The molecule has 5 N–H and O–H groups in total. The van der Waals surface area contributed by atoms with Crippen LogP contribution in [-0.2, 0) is 4.79 Å². The summed E-state index contributed by atoms with van der Waals surface area (Å²) in [5.74, 6) is -0.444. The van der Waals surface area contributed by atoms with Gasteiger partial charge in [0.1, 0.15) is 5.54 Å². The van der Waals surface area contributed by atoms with Gasteiger partial charge in [-0.1, -0.05) is 12.2 Å². The molecular formula is C10H21Cl2N3O2. The lowest BCUT2D eigenvalue weighted by atomic mass is 9.97. The molecule has 0 aromatic rings. The largest absolute Gasteiger partial charge is 0.480 e. The molecule has 0 radical (unpaired) electrons. The van der Waals surface area contributed by atoms with E-state index in [1.54, 1.807) is 6.92 Å². The molecule has 0 spiro atoms. The Bertz CT molecular complexity index is 275. The van der Waals surface area contributed by atoms with Crippen molar-refractivity contribution in [1.82, 2.24) is 0 Å². The Morgan fingerprint density at radius 2 is 1.94 bits per heavy atom. The number of rotatable bonds is 6. The highest BCUT2D eigenvalue weighted by Crippen LogP contribution is 2.09. The molecule has 7 heteroatoms. The lowest BCUT2D eigenvalue weighted by molar-refractivity contribution is -0.142. The average Bonchev–Trinajstić information content (AvgIpc) is 2.10. The molecule has 0 aromatic carbocycles. The molecule has 0 aliphatic carbocycles. The van der Waals surface area contributed by atoms with Gasteiger partial charge in [-0.15, -0.1) is 24.8 Å². The number of aliphatic carboxylic acids is 1. The zero-order valence-electron chi connectivity index (χ0n) is 10.0. The van der Waals surface area contributed by atoms with Crippen LogP contribution >= 0.6 is 24.8 Å². The number of halogens is 2. The van der Waals surface area contributed by atoms with Gasteiger partial charge in [-0.25, -0.2) is 0 Å². The Labute approximate surface area is 114 Å². The van der Waals surface area contributed by atoms with Gasteiger partial charge in [0, 0.05) is 0 Å². The molecule has 0 saturated heterocycles. The van der Waals surface area contributed by atoms with Crippen LogP contribution in [0, 0.1) is 0 Å². The van der Waals surface area contributed by atoms with Crippen LogP contribution in [-0.4, -0.2) is 29.0 Å². The number of carboxylic acid groups (broad SMARTS) is 1. The van der Waals surface area contributed by atoms with E-state index >= 15 is 0 Å². The van der Waals surface area contributed by atoms with Gasteiger partial charge in [0.25, 0.3) is 0 Å². The molecular weight excluding hydrogens is 265 g/mol. The minimum Gasteiger partial charge on any atom is -0.480 e. The summed E-state index contributed by atoms with van der Waals surface area (Å²) in [6.07, 6.45) is 4.73. The van der Waals surface area contributed by atoms with E-state index in [1.807, 2.05) is 12.2 Å². The number of hydrogen-bond acceptors (Lipinski definition) is 3. The standard InChI is InChI=1S/C10H19N3O2.2ClH/c1-8(11)13-7-5-3-4-6-10(2,12)9(14)15;;/h3,5H,4,6-7,12H2,1-2H3,(H2,11,13)(H,14,15);2*1H/b5-3-;;/t10-;;/m1../s1. The maximum atomic E-state index is 10.6. The van der Waals surface area contributed by atoms with Gasteiger partial charge in [0.05, 0.1) is 12.4 Å². The van der Waals surface area contributed by atoms with Gasteiger partial charge in [-0.3, -0.25) is 9.79 Å². The quantitative estimate of drug-likeness (QED) is 0.389. The van der Waals surface area contributed by atoms with E-state index in [0.717, 1.165) is 0 Å². The van der Waals surface area contributed by atoms with E-state index in [2.05, 4.69) is 4.99 Å². The van der Waals surface area contributed by atoms with Crippen LogP contribution in [0.1, 0.15) is 26.7 Å². The SMILES string of the molecule is CC(N)=NC/C=C\CC[C@@](C)(N)C(=O)O.Cl.Cl. The Hall–Kier alpha value is -0.780. The van der Waals surface area contributed by atoms with Crippen LogP contribution in [0.3, 0.4) is 0 Å². The summed E-state index contributed by atoms with van der Waals surface area (Å²) in [5, 5.41) is 8.73. The molecule has 1 atom stereocenters. The summed E-state index contributed by atoms with van der Waals surface area (Å²) in [7, 11) is 0. The molecule has 0 unspecified atom stereocenters. The second-order valence-corrected chi connectivity index (χ2v) is 3.71. The normalized spacial score (nSPS) is 14.6. The molecule has 0 aliphatic heterocycles. The molecule has 0 amide bonds. The molecule has 102 valence electrons. The van der Waals surface area contributed by atoms with Gasteiger partial charge in [0.15, 0.2) is 0 Å². The molecule has 0 bridgehead atoms. The highest BCUT2D eigenvalue weighted by atomic mass is 35.5. The third-order valence-corrected chi connectivity index (χ3v) is 1.93. The van der Waals surface area contributed by atoms with Crippen molar-refractivity contribution in [1.29, 1.82) is 0 Å². The second kappa shape index (κ2) is 10.4. The third-order valence-electron chi connectivity index (χ3n) is 1.93. The van der Waals surface area contributed by atoms with Crippen molar-refractivity contribution in [2.75, 3.05) is 6.54 Å². The first kappa shape index (κ1) is 21.5. The number of nitrogens with zero attached hydrogens (tertiary/aromatic N) is 1. The van der Waals surface area contributed by atoms with Crippen LogP contribution in [0.15, 0.2) is 17.1 Å². The predicted molar refractivity (Wildman–Crippen MR) is 75.3 cm³/mol. The fourth-order valence-electron chi connectivity index (χ4n) is 0.879. The number of hydrogen-bond donors (Lipinski definition) is 3. The zero-order valence-corrected chi connectivity index (χ0v) is 11.7. The van der Waals surface area contributed by atoms with Gasteiger partial charge in [-0.05, 0) is 26.7 Å². The van der Waals surface area contributed by atoms with E-state index in [4.69, 9.17) is 16.6 Å². The number of carbonyl (C=O) groups is 1. The summed E-state index contributed by atoms with van der Waals surface area (Å²) in [4.78, 5) is 14.6. The van der Waals surface area contributed by atoms with Crippen LogP contribution in [0.5, 0.6) is 0 Å². The second-order valence-electron chi connectivity index (χ2n) is 3.71. The van der Waals surface area contributed by atoms with E-state index in [1.165, 1.54) is 6.92 Å². The lowest BCUT2D eigenvalue weighted by Crippen LogP contribution is -2.44. The topological polar surface area (TPSA) is 102 Å². The Balaban J connectivity index is -0.000000980. The van der Waals surface area contributed by atoms with E-state index < -0.39 is 11.5 Å². The highest BCUT2D eigenvalue weighted by Gasteiger charge is 2.26. The maximum absolute atomic E-state index is 10.6. The Morgan fingerprint density at radius 1 is 1.41 bits per heavy atom. The molecule has 0 heterocycles. The third kappa shape index (κ3) is 11.5. The van der Waals surface area contributed by atoms with Crippen LogP contribution < -0.4 is 11.5 Å². The van der Waals surface area contributed by atoms with Crippen molar-refractivity contribution in [3.8, 4) is 0 Å². The molecule has 0 fully saturated rings. The zero-order chi connectivity index (χ0) is 11.9. The minimum absolute atomic E-state index is 0. The van der Waals surface area contributed by atoms with Gasteiger partial charge >= 0.3 is 5.97 Å². The fourth-order valence-corrected chi connectivity index (χ4v) is 0.879. The highest BCUT2D eigenvalue weighted by molar-refractivity contribution is 5.85. The number of allylic oxidation sites excluding steroid dienone is 1. The van der Waals surface area contributed by atoms with Crippen molar-refractivity contribution in [2.45, 2.75) is 32.2 Å². The molecule has 0 aromatic heterocycles. The fraction of sp³-hybridized carbons (Fsp3) is 0.600.